The van der Waals surface area contributed by atoms with Crippen molar-refractivity contribution in [3.63, 3.8) is 0 Å². The predicted octanol–water partition coefficient (Wildman–Crippen LogP) is 2.68. The van der Waals surface area contributed by atoms with Crippen LogP contribution in [0.2, 0.25) is 0 Å². The summed E-state index contributed by atoms with van der Waals surface area (Å²) >= 11 is 1.39. The summed E-state index contributed by atoms with van der Waals surface area (Å²) in [4.78, 5) is 25.8. The Hall–Kier alpha value is -2.54. The van der Waals surface area contributed by atoms with Crippen LogP contribution in [0.5, 0.6) is 11.5 Å². The molecule has 0 fully saturated rings. The van der Waals surface area contributed by atoms with Crippen LogP contribution < -0.4 is 20.1 Å². The van der Waals surface area contributed by atoms with Crippen molar-refractivity contribution < 1.29 is 19.1 Å². The first-order chi connectivity index (χ1) is 11.9. The Bertz CT molecular complexity index is 757. The Labute approximate surface area is 151 Å². The minimum absolute atomic E-state index is 0.0909. The summed E-state index contributed by atoms with van der Waals surface area (Å²) in [5.74, 6) is 0.809. The van der Waals surface area contributed by atoms with E-state index in [1.165, 1.54) is 11.3 Å². The number of hydrogen-bond acceptors (Lipinski definition) is 5. The number of methoxy groups -OCH3 is 2. The van der Waals surface area contributed by atoms with Crippen LogP contribution in [0.3, 0.4) is 0 Å². The molecule has 7 heteroatoms. The van der Waals surface area contributed by atoms with E-state index in [2.05, 4.69) is 10.6 Å². The van der Waals surface area contributed by atoms with Crippen molar-refractivity contribution in [1.82, 2.24) is 10.6 Å². The van der Waals surface area contributed by atoms with Crippen LogP contribution in [0.15, 0.2) is 30.3 Å². The number of carbonyl (C=O) groups is 2. The molecule has 0 radical (unpaired) electrons. The fourth-order valence-electron chi connectivity index (χ4n) is 2.35. The molecule has 0 spiro atoms. The third kappa shape index (κ3) is 4.96. The van der Waals surface area contributed by atoms with Gasteiger partial charge in [-0.3, -0.25) is 9.59 Å². The summed E-state index contributed by atoms with van der Waals surface area (Å²) < 4.78 is 10.5. The molecule has 0 bridgehead atoms. The van der Waals surface area contributed by atoms with Gasteiger partial charge in [0.2, 0.25) is 5.91 Å². The first kappa shape index (κ1) is 18.8. The lowest BCUT2D eigenvalue weighted by Gasteiger charge is -2.18. The van der Waals surface area contributed by atoms with Gasteiger partial charge in [0.25, 0.3) is 5.91 Å². The highest BCUT2D eigenvalue weighted by atomic mass is 32.1. The molecule has 0 aliphatic rings. The van der Waals surface area contributed by atoms with E-state index in [0.29, 0.717) is 16.4 Å². The topological polar surface area (TPSA) is 76.7 Å². The maximum absolute atomic E-state index is 12.1. The number of nitrogens with one attached hydrogen (secondary N) is 2. The van der Waals surface area contributed by atoms with E-state index in [0.717, 1.165) is 10.4 Å². The molecule has 0 saturated heterocycles. The second-order valence-electron chi connectivity index (χ2n) is 5.49. The molecule has 25 heavy (non-hydrogen) atoms. The molecular formula is C18H22N2O4S. The average Bonchev–Trinajstić information content (AvgIpc) is 3.05. The van der Waals surface area contributed by atoms with Gasteiger partial charge < -0.3 is 20.1 Å². The van der Waals surface area contributed by atoms with Gasteiger partial charge >= 0.3 is 0 Å². The van der Waals surface area contributed by atoms with Crippen LogP contribution >= 0.6 is 11.3 Å². The number of aryl methyl sites for hydroxylation is 1. The Morgan fingerprint density at radius 2 is 1.92 bits per heavy atom. The molecule has 2 amide bonds. The van der Waals surface area contributed by atoms with Crippen LogP contribution in [0, 0.1) is 6.92 Å². The summed E-state index contributed by atoms with van der Waals surface area (Å²) in [6.45, 7) is 3.68. The van der Waals surface area contributed by atoms with Crippen molar-refractivity contribution in [2.45, 2.75) is 19.9 Å². The molecule has 0 saturated carbocycles. The molecule has 1 atom stereocenters. The third-order valence-electron chi connectivity index (χ3n) is 3.65. The van der Waals surface area contributed by atoms with Crippen LogP contribution in [0.4, 0.5) is 0 Å². The van der Waals surface area contributed by atoms with Gasteiger partial charge in [-0.05, 0) is 44.2 Å². The quantitative estimate of drug-likeness (QED) is 0.794. The number of rotatable bonds is 7. The molecule has 2 rings (SSSR count). The smallest absolute Gasteiger partial charge is 0.261 e. The highest BCUT2D eigenvalue weighted by Gasteiger charge is 2.16. The van der Waals surface area contributed by atoms with Gasteiger partial charge in [-0.15, -0.1) is 11.3 Å². The van der Waals surface area contributed by atoms with Crippen molar-refractivity contribution in [1.29, 1.82) is 0 Å². The number of amides is 2. The van der Waals surface area contributed by atoms with Crippen LogP contribution in [-0.4, -0.2) is 32.6 Å². The first-order valence-corrected chi connectivity index (χ1v) is 8.62. The van der Waals surface area contributed by atoms with Crippen molar-refractivity contribution >= 4 is 23.2 Å². The molecule has 1 heterocycles. The van der Waals surface area contributed by atoms with Gasteiger partial charge in [-0.1, -0.05) is 0 Å². The number of thiophene rings is 1. The van der Waals surface area contributed by atoms with Gasteiger partial charge in [0, 0.05) is 10.4 Å². The number of carbonyl (C=O) groups excluding carboxylic acids is 2. The van der Waals surface area contributed by atoms with E-state index in [9.17, 15) is 9.59 Å². The molecule has 2 aromatic rings. The maximum atomic E-state index is 12.1. The Balaban J connectivity index is 1.95. The molecule has 1 aromatic carbocycles. The second-order valence-corrected chi connectivity index (χ2v) is 6.78. The van der Waals surface area contributed by atoms with Gasteiger partial charge in [0.1, 0.15) is 11.5 Å². The first-order valence-electron chi connectivity index (χ1n) is 7.80. The number of benzene rings is 1. The van der Waals surface area contributed by atoms with Gasteiger partial charge in [0.15, 0.2) is 0 Å². The minimum atomic E-state index is -0.293. The molecule has 0 aliphatic carbocycles. The normalized spacial score (nSPS) is 11.5. The zero-order valence-electron chi connectivity index (χ0n) is 14.7. The van der Waals surface area contributed by atoms with Crippen molar-refractivity contribution in [2.75, 3.05) is 20.8 Å². The Morgan fingerprint density at radius 1 is 1.16 bits per heavy atom. The zero-order valence-corrected chi connectivity index (χ0v) is 15.5. The lowest BCUT2D eigenvalue weighted by molar-refractivity contribution is -0.120. The molecule has 6 nitrogen and oxygen atoms in total. The molecule has 134 valence electrons. The Kier molecular flexibility index (Phi) is 6.41. The zero-order chi connectivity index (χ0) is 18.4. The fraction of sp³-hybridized carbons (Fsp3) is 0.333. The highest BCUT2D eigenvalue weighted by molar-refractivity contribution is 7.13. The number of hydrogen-bond donors (Lipinski definition) is 2. The molecule has 0 aliphatic heterocycles. The lowest BCUT2D eigenvalue weighted by Crippen LogP contribution is -2.37. The summed E-state index contributed by atoms with van der Waals surface area (Å²) in [5, 5.41) is 5.47. The lowest BCUT2D eigenvalue weighted by atomic mass is 10.1. The standard InChI is InChI=1S/C18H22N2O4S/c1-11-5-8-16(25-11)18(22)19-10-17(21)20-12(2)14-9-13(23-3)6-7-15(14)24-4/h5-9,12H,10H2,1-4H3,(H,19,22)(H,20,21). The molecule has 1 unspecified atom stereocenters. The predicted molar refractivity (Wildman–Crippen MR) is 97.5 cm³/mol. The average molecular weight is 362 g/mol. The largest absolute Gasteiger partial charge is 0.497 e. The monoisotopic (exact) mass is 362 g/mol. The van der Waals surface area contributed by atoms with E-state index in [1.54, 1.807) is 32.4 Å². The van der Waals surface area contributed by atoms with Crippen molar-refractivity contribution in [2.24, 2.45) is 0 Å². The van der Waals surface area contributed by atoms with Gasteiger partial charge in [-0.2, -0.15) is 0 Å². The van der Waals surface area contributed by atoms with E-state index in [-0.39, 0.29) is 24.4 Å². The maximum Gasteiger partial charge on any atom is 0.261 e. The van der Waals surface area contributed by atoms with E-state index >= 15 is 0 Å². The highest BCUT2D eigenvalue weighted by Crippen LogP contribution is 2.29. The SMILES string of the molecule is COc1ccc(OC)c(C(C)NC(=O)CNC(=O)c2ccc(C)s2)c1. The van der Waals surface area contributed by atoms with Gasteiger partial charge in [0.05, 0.1) is 31.7 Å². The van der Waals surface area contributed by atoms with Gasteiger partial charge in [-0.25, -0.2) is 0 Å². The van der Waals surface area contributed by atoms with Crippen molar-refractivity contribution in [3.8, 4) is 11.5 Å². The van der Waals surface area contributed by atoms with Crippen molar-refractivity contribution in [3.05, 3.63) is 45.6 Å². The van der Waals surface area contributed by atoms with Crippen LogP contribution in [0.1, 0.15) is 33.1 Å². The number of ether oxygens (including phenoxy) is 2. The van der Waals surface area contributed by atoms with E-state index in [4.69, 9.17) is 9.47 Å². The summed E-state index contributed by atoms with van der Waals surface area (Å²) in [7, 11) is 3.15. The minimum Gasteiger partial charge on any atom is -0.497 e. The summed E-state index contributed by atoms with van der Waals surface area (Å²) in [5.41, 5.74) is 0.801. The fourth-order valence-corrected chi connectivity index (χ4v) is 3.14. The van der Waals surface area contributed by atoms with E-state index < -0.39 is 0 Å². The third-order valence-corrected chi connectivity index (χ3v) is 4.65. The van der Waals surface area contributed by atoms with Crippen LogP contribution in [0.25, 0.3) is 0 Å². The van der Waals surface area contributed by atoms with E-state index in [1.807, 2.05) is 26.0 Å². The van der Waals surface area contributed by atoms with Crippen LogP contribution in [-0.2, 0) is 4.79 Å². The summed E-state index contributed by atoms with van der Waals surface area (Å²) in [6, 6.07) is 8.72. The summed E-state index contributed by atoms with van der Waals surface area (Å²) in [6.07, 6.45) is 0. The Morgan fingerprint density at radius 3 is 2.52 bits per heavy atom. The molecular weight excluding hydrogens is 340 g/mol. The molecule has 2 N–H and O–H groups in total. The second kappa shape index (κ2) is 8.53. The molecule has 1 aromatic heterocycles.